The number of hydrogen-bond donors (Lipinski definition) is 3. The molecule has 0 aliphatic rings. The second-order valence-electron chi connectivity index (χ2n) is 4.81. The SMILES string of the molecule is CC(O)(CNC(=O)c1cc(Cl)c(Cl)[nH]1)c1ccc(F)cc1. The van der Waals surface area contributed by atoms with Gasteiger partial charge in [-0.2, -0.15) is 0 Å². The third-order valence-electron chi connectivity index (χ3n) is 3.03. The number of carbonyl (C=O) groups excluding carboxylic acids is 1. The van der Waals surface area contributed by atoms with Crippen LogP contribution < -0.4 is 5.32 Å². The van der Waals surface area contributed by atoms with E-state index in [0.29, 0.717) is 5.56 Å². The van der Waals surface area contributed by atoms with Crippen molar-refractivity contribution in [3.05, 3.63) is 57.6 Å². The van der Waals surface area contributed by atoms with E-state index >= 15 is 0 Å². The van der Waals surface area contributed by atoms with Gasteiger partial charge in [-0.15, -0.1) is 0 Å². The summed E-state index contributed by atoms with van der Waals surface area (Å²) in [6.45, 7) is 1.47. The number of aromatic nitrogens is 1. The number of aliphatic hydroxyl groups is 1. The van der Waals surface area contributed by atoms with E-state index in [9.17, 15) is 14.3 Å². The molecular formula is C14H13Cl2FN2O2. The van der Waals surface area contributed by atoms with Crippen molar-refractivity contribution in [2.45, 2.75) is 12.5 Å². The lowest BCUT2D eigenvalue weighted by atomic mass is 9.96. The van der Waals surface area contributed by atoms with Crippen LogP contribution in [-0.4, -0.2) is 22.5 Å². The lowest BCUT2D eigenvalue weighted by Crippen LogP contribution is -2.38. The van der Waals surface area contributed by atoms with E-state index in [1.807, 2.05) is 0 Å². The van der Waals surface area contributed by atoms with Crippen molar-refractivity contribution < 1.29 is 14.3 Å². The van der Waals surface area contributed by atoms with Crippen molar-refractivity contribution in [1.29, 1.82) is 0 Å². The summed E-state index contributed by atoms with van der Waals surface area (Å²) in [6, 6.07) is 6.81. The molecule has 1 heterocycles. The number of nitrogens with one attached hydrogen (secondary N) is 2. The number of rotatable bonds is 4. The summed E-state index contributed by atoms with van der Waals surface area (Å²) in [6.07, 6.45) is 0. The van der Waals surface area contributed by atoms with Gasteiger partial charge in [0.25, 0.3) is 5.91 Å². The molecule has 0 fully saturated rings. The normalized spacial score (nSPS) is 13.8. The second kappa shape index (κ2) is 6.05. The third-order valence-corrected chi connectivity index (χ3v) is 3.72. The minimum absolute atomic E-state index is 0.0499. The Labute approximate surface area is 130 Å². The van der Waals surface area contributed by atoms with Crippen LogP contribution in [0.15, 0.2) is 30.3 Å². The first-order valence-electron chi connectivity index (χ1n) is 6.10. The molecule has 1 atom stereocenters. The van der Waals surface area contributed by atoms with Gasteiger partial charge in [-0.1, -0.05) is 35.3 Å². The summed E-state index contributed by atoms with van der Waals surface area (Å²) < 4.78 is 12.9. The fourth-order valence-electron chi connectivity index (χ4n) is 1.79. The van der Waals surface area contributed by atoms with E-state index in [1.54, 1.807) is 0 Å². The van der Waals surface area contributed by atoms with Crippen LogP contribution in [0.2, 0.25) is 10.2 Å². The molecular weight excluding hydrogens is 318 g/mol. The van der Waals surface area contributed by atoms with E-state index in [2.05, 4.69) is 10.3 Å². The van der Waals surface area contributed by atoms with Gasteiger partial charge in [-0.25, -0.2) is 4.39 Å². The highest BCUT2D eigenvalue weighted by atomic mass is 35.5. The summed E-state index contributed by atoms with van der Waals surface area (Å²) in [5.74, 6) is -0.847. The van der Waals surface area contributed by atoms with E-state index < -0.39 is 17.3 Å². The topological polar surface area (TPSA) is 65.1 Å². The van der Waals surface area contributed by atoms with Gasteiger partial charge in [0.15, 0.2) is 0 Å². The van der Waals surface area contributed by atoms with Crippen LogP contribution in [0, 0.1) is 5.82 Å². The van der Waals surface area contributed by atoms with Crippen molar-refractivity contribution in [3.63, 3.8) is 0 Å². The predicted molar refractivity (Wildman–Crippen MR) is 79.1 cm³/mol. The maximum Gasteiger partial charge on any atom is 0.267 e. The smallest absolute Gasteiger partial charge is 0.267 e. The Morgan fingerprint density at radius 2 is 2.00 bits per heavy atom. The zero-order valence-electron chi connectivity index (χ0n) is 11.1. The number of halogens is 3. The molecule has 1 aromatic carbocycles. The molecule has 0 saturated heterocycles. The molecule has 0 saturated carbocycles. The minimum atomic E-state index is -1.33. The Morgan fingerprint density at radius 1 is 1.38 bits per heavy atom. The minimum Gasteiger partial charge on any atom is -0.384 e. The van der Waals surface area contributed by atoms with Crippen LogP contribution in [-0.2, 0) is 5.60 Å². The third kappa shape index (κ3) is 3.75. The largest absolute Gasteiger partial charge is 0.384 e. The summed E-state index contributed by atoms with van der Waals surface area (Å²) in [5.41, 5.74) is -0.643. The molecule has 2 aromatic rings. The first kappa shape index (κ1) is 15.8. The summed E-state index contributed by atoms with van der Waals surface area (Å²) in [4.78, 5) is 14.5. The maximum atomic E-state index is 12.9. The van der Waals surface area contributed by atoms with E-state index in [0.717, 1.165) is 0 Å². The Kier molecular flexibility index (Phi) is 4.56. The number of aromatic amines is 1. The molecule has 0 radical (unpaired) electrons. The lowest BCUT2D eigenvalue weighted by Gasteiger charge is -2.24. The fraction of sp³-hybridized carbons (Fsp3) is 0.214. The van der Waals surface area contributed by atoms with Crippen LogP contribution in [0.1, 0.15) is 23.0 Å². The highest BCUT2D eigenvalue weighted by molar-refractivity contribution is 6.41. The van der Waals surface area contributed by atoms with Gasteiger partial charge in [0.05, 0.1) is 11.6 Å². The highest BCUT2D eigenvalue weighted by Gasteiger charge is 2.24. The van der Waals surface area contributed by atoms with Crippen LogP contribution >= 0.6 is 23.2 Å². The second-order valence-corrected chi connectivity index (χ2v) is 5.59. The van der Waals surface area contributed by atoms with Crippen LogP contribution in [0.5, 0.6) is 0 Å². The van der Waals surface area contributed by atoms with Crippen LogP contribution in [0.4, 0.5) is 4.39 Å². The van der Waals surface area contributed by atoms with E-state index in [-0.39, 0.29) is 22.4 Å². The van der Waals surface area contributed by atoms with Gasteiger partial charge in [-0.05, 0) is 30.7 Å². The molecule has 4 nitrogen and oxygen atoms in total. The molecule has 7 heteroatoms. The van der Waals surface area contributed by atoms with Gasteiger partial charge in [0, 0.05) is 0 Å². The van der Waals surface area contributed by atoms with Gasteiger partial charge in [0.2, 0.25) is 0 Å². The van der Waals surface area contributed by atoms with Gasteiger partial charge in [-0.3, -0.25) is 4.79 Å². The van der Waals surface area contributed by atoms with Crippen molar-refractivity contribution >= 4 is 29.1 Å². The monoisotopic (exact) mass is 330 g/mol. The molecule has 112 valence electrons. The van der Waals surface area contributed by atoms with E-state index in [4.69, 9.17) is 23.2 Å². The number of benzene rings is 1. The van der Waals surface area contributed by atoms with Crippen LogP contribution in [0.3, 0.4) is 0 Å². The van der Waals surface area contributed by atoms with Crippen molar-refractivity contribution in [2.75, 3.05) is 6.54 Å². The lowest BCUT2D eigenvalue weighted by molar-refractivity contribution is 0.0524. The Hall–Kier alpha value is -1.56. The van der Waals surface area contributed by atoms with Crippen LogP contribution in [0.25, 0.3) is 0 Å². The average molecular weight is 331 g/mol. The Bertz CT molecular complexity index is 634. The zero-order chi connectivity index (χ0) is 15.6. The molecule has 0 aliphatic carbocycles. The molecule has 1 amide bonds. The van der Waals surface area contributed by atoms with Crippen molar-refractivity contribution in [1.82, 2.24) is 10.3 Å². The molecule has 0 aliphatic heterocycles. The number of carbonyl (C=O) groups is 1. The molecule has 21 heavy (non-hydrogen) atoms. The van der Waals surface area contributed by atoms with Gasteiger partial charge in [0.1, 0.15) is 22.3 Å². The molecule has 0 bridgehead atoms. The molecule has 3 N–H and O–H groups in total. The first-order valence-corrected chi connectivity index (χ1v) is 6.86. The molecule has 0 spiro atoms. The Balaban J connectivity index is 2.04. The quantitative estimate of drug-likeness (QED) is 0.806. The van der Waals surface area contributed by atoms with Crippen molar-refractivity contribution in [2.24, 2.45) is 0 Å². The van der Waals surface area contributed by atoms with Crippen molar-refractivity contribution in [3.8, 4) is 0 Å². The summed E-state index contributed by atoms with van der Waals surface area (Å²) >= 11 is 11.5. The summed E-state index contributed by atoms with van der Waals surface area (Å²) in [7, 11) is 0. The Morgan fingerprint density at radius 3 is 2.52 bits per heavy atom. The average Bonchev–Trinajstić information content (AvgIpc) is 2.77. The molecule has 1 aromatic heterocycles. The predicted octanol–water partition coefficient (Wildman–Crippen LogP) is 3.10. The van der Waals surface area contributed by atoms with Gasteiger partial charge < -0.3 is 15.4 Å². The molecule has 2 rings (SSSR count). The molecule has 1 unspecified atom stereocenters. The summed E-state index contributed by atoms with van der Waals surface area (Å²) in [5, 5.41) is 13.3. The maximum absolute atomic E-state index is 12.9. The van der Waals surface area contributed by atoms with Gasteiger partial charge >= 0.3 is 0 Å². The number of H-pyrrole nitrogens is 1. The van der Waals surface area contributed by atoms with E-state index in [1.165, 1.54) is 37.3 Å². The first-order chi connectivity index (χ1) is 9.79. The number of amides is 1. The zero-order valence-corrected chi connectivity index (χ0v) is 12.6. The standard InChI is InChI=1S/C14H13Cl2FN2O2/c1-14(21,8-2-4-9(17)5-3-8)7-18-13(20)11-6-10(15)12(16)19-11/h2-6,19,21H,7H2,1H3,(H,18,20). The fourth-order valence-corrected chi connectivity index (χ4v) is 2.10. The number of hydrogen-bond acceptors (Lipinski definition) is 2. The highest BCUT2D eigenvalue weighted by Crippen LogP contribution is 2.23.